The maximum Gasteiger partial charge on any atom is 0.262 e. The lowest BCUT2D eigenvalue weighted by Crippen LogP contribution is -2.16. The van der Waals surface area contributed by atoms with Crippen LogP contribution in [0.3, 0.4) is 0 Å². The summed E-state index contributed by atoms with van der Waals surface area (Å²) in [5, 5.41) is 2.69. The number of rotatable bonds is 5. The molecule has 1 amide bonds. The van der Waals surface area contributed by atoms with E-state index in [1.165, 1.54) is 42.5 Å². The van der Waals surface area contributed by atoms with Gasteiger partial charge in [-0.25, -0.2) is 12.8 Å². The Kier molecular flexibility index (Phi) is 5.57. The Balaban J connectivity index is 1.83. The van der Waals surface area contributed by atoms with Gasteiger partial charge in [0, 0.05) is 15.7 Å². The van der Waals surface area contributed by atoms with Crippen molar-refractivity contribution in [1.82, 2.24) is 0 Å². The van der Waals surface area contributed by atoms with Crippen LogP contribution in [0.1, 0.15) is 10.4 Å². The Bertz CT molecular complexity index is 1090. The maximum atomic E-state index is 13.7. The van der Waals surface area contributed by atoms with Crippen LogP contribution in [0.25, 0.3) is 0 Å². The van der Waals surface area contributed by atoms with Gasteiger partial charge in [0.2, 0.25) is 0 Å². The maximum absolute atomic E-state index is 13.7. The van der Waals surface area contributed by atoms with Crippen LogP contribution in [0.4, 0.5) is 15.8 Å². The van der Waals surface area contributed by atoms with Crippen LogP contribution in [0, 0.1) is 5.82 Å². The lowest BCUT2D eigenvalue weighted by atomic mass is 10.2. The molecule has 138 valence electrons. The zero-order valence-corrected chi connectivity index (χ0v) is 16.2. The molecule has 0 radical (unpaired) electrons. The fourth-order valence-electron chi connectivity index (χ4n) is 2.29. The molecule has 3 aromatic rings. The molecule has 0 saturated heterocycles. The Morgan fingerprint density at radius 2 is 1.63 bits per heavy atom. The van der Waals surface area contributed by atoms with Crippen molar-refractivity contribution < 1.29 is 17.6 Å². The van der Waals surface area contributed by atoms with Gasteiger partial charge in [-0.3, -0.25) is 9.52 Å². The van der Waals surface area contributed by atoms with Crippen molar-refractivity contribution in [2.24, 2.45) is 0 Å². The predicted octanol–water partition coefficient (Wildman–Crippen LogP) is 4.64. The molecule has 8 heteroatoms. The molecule has 0 aliphatic rings. The van der Waals surface area contributed by atoms with Crippen LogP contribution in [0.2, 0.25) is 0 Å². The summed E-state index contributed by atoms with van der Waals surface area (Å²) in [7, 11) is -4.05. The number of para-hydroxylation sites is 1. The first-order chi connectivity index (χ1) is 12.8. The molecule has 0 heterocycles. The molecule has 5 nitrogen and oxygen atoms in total. The van der Waals surface area contributed by atoms with Gasteiger partial charge in [-0.15, -0.1) is 0 Å². The van der Waals surface area contributed by atoms with Crippen LogP contribution >= 0.6 is 15.9 Å². The summed E-state index contributed by atoms with van der Waals surface area (Å²) in [5.74, 6) is -1.15. The molecule has 0 atom stereocenters. The molecular weight excluding hydrogens is 435 g/mol. The molecule has 2 N–H and O–H groups in total. The molecular formula is C19H14BrFN2O3S. The second-order valence-electron chi connectivity index (χ2n) is 5.57. The third-order valence-corrected chi connectivity index (χ3v) is 5.52. The third kappa shape index (κ3) is 4.72. The number of hydrogen-bond donors (Lipinski definition) is 2. The van der Waals surface area contributed by atoms with Gasteiger partial charge < -0.3 is 5.32 Å². The van der Waals surface area contributed by atoms with E-state index in [2.05, 4.69) is 26.0 Å². The highest BCUT2D eigenvalue weighted by atomic mass is 79.9. The van der Waals surface area contributed by atoms with Gasteiger partial charge in [-0.2, -0.15) is 0 Å². The Morgan fingerprint density at radius 3 is 2.33 bits per heavy atom. The van der Waals surface area contributed by atoms with E-state index in [1.54, 1.807) is 24.3 Å². The summed E-state index contributed by atoms with van der Waals surface area (Å²) in [6, 6.07) is 17.9. The summed E-state index contributed by atoms with van der Waals surface area (Å²) in [6.07, 6.45) is 0. The fourth-order valence-corrected chi connectivity index (χ4v) is 3.67. The lowest BCUT2D eigenvalue weighted by Gasteiger charge is -2.10. The fraction of sp³-hybridized carbons (Fsp3) is 0. The van der Waals surface area contributed by atoms with E-state index in [9.17, 15) is 17.6 Å². The molecule has 3 rings (SSSR count). The molecule has 0 aliphatic carbocycles. The van der Waals surface area contributed by atoms with Crippen LogP contribution in [-0.4, -0.2) is 14.3 Å². The predicted molar refractivity (Wildman–Crippen MR) is 106 cm³/mol. The van der Waals surface area contributed by atoms with Gasteiger partial charge in [0.05, 0.1) is 10.6 Å². The molecule has 3 aromatic carbocycles. The van der Waals surface area contributed by atoms with E-state index in [0.717, 1.165) is 10.5 Å². The number of sulfonamides is 1. The number of hydrogen-bond acceptors (Lipinski definition) is 3. The van der Waals surface area contributed by atoms with Crippen LogP contribution < -0.4 is 10.0 Å². The SMILES string of the molecule is O=C(Nc1ccc(Br)cc1)c1cccc(S(=O)(=O)Nc2ccccc2F)c1. The monoisotopic (exact) mass is 448 g/mol. The van der Waals surface area contributed by atoms with Crippen LogP contribution in [-0.2, 0) is 10.0 Å². The van der Waals surface area contributed by atoms with Gasteiger partial charge in [0.15, 0.2) is 0 Å². The molecule has 0 saturated carbocycles. The lowest BCUT2D eigenvalue weighted by molar-refractivity contribution is 0.102. The first-order valence-corrected chi connectivity index (χ1v) is 10.1. The first-order valence-electron chi connectivity index (χ1n) is 7.79. The minimum absolute atomic E-state index is 0.144. The topological polar surface area (TPSA) is 75.3 Å². The van der Waals surface area contributed by atoms with Gasteiger partial charge in [0.25, 0.3) is 15.9 Å². The van der Waals surface area contributed by atoms with E-state index < -0.39 is 21.7 Å². The number of carbonyl (C=O) groups is 1. The van der Waals surface area contributed by atoms with E-state index in [1.807, 2.05) is 0 Å². The second kappa shape index (κ2) is 7.89. The Hall–Kier alpha value is -2.71. The standard InChI is InChI=1S/C19H14BrFN2O3S/c20-14-8-10-15(11-9-14)22-19(24)13-4-3-5-16(12-13)27(25,26)23-18-7-2-1-6-17(18)21/h1-12,23H,(H,22,24). The summed E-state index contributed by atoms with van der Waals surface area (Å²) >= 11 is 3.31. The van der Waals surface area contributed by atoms with Crippen LogP contribution in [0.5, 0.6) is 0 Å². The summed E-state index contributed by atoms with van der Waals surface area (Å²) in [4.78, 5) is 12.2. The first kappa shape index (κ1) is 19.1. The number of halogens is 2. The average molecular weight is 449 g/mol. The highest BCUT2D eigenvalue weighted by Gasteiger charge is 2.18. The third-order valence-electron chi connectivity index (χ3n) is 3.63. The average Bonchev–Trinajstić information content (AvgIpc) is 2.65. The number of amides is 1. The highest BCUT2D eigenvalue weighted by Crippen LogP contribution is 2.20. The molecule has 27 heavy (non-hydrogen) atoms. The number of carbonyl (C=O) groups excluding carboxylic acids is 1. The largest absolute Gasteiger partial charge is 0.322 e. The minimum atomic E-state index is -4.05. The van der Waals surface area contributed by atoms with E-state index in [0.29, 0.717) is 5.69 Å². The highest BCUT2D eigenvalue weighted by molar-refractivity contribution is 9.10. The Labute approximate surface area is 164 Å². The van der Waals surface area contributed by atoms with Gasteiger partial charge in [0.1, 0.15) is 5.82 Å². The minimum Gasteiger partial charge on any atom is -0.322 e. The van der Waals surface area contributed by atoms with E-state index >= 15 is 0 Å². The summed E-state index contributed by atoms with van der Waals surface area (Å²) < 4.78 is 41.8. The number of anilines is 2. The smallest absolute Gasteiger partial charge is 0.262 e. The second-order valence-corrected chi connectivity index (χ2v) is 8.17. The molecule has 0 unspecified atom stereocenters. The van der Waals surface area contributed by atoms with Gasteiger partial charge in [-0.05, 0) is 54.6 Å². The van der Waals surface area contributed by atoms with Crippen molar-refractivity contribution in [3.05, 3.63) is 88.6 Å². The zero-order valence-electron chi connectivity index (χ0n) is 13.8. The quantitative estimate of drug-likeness (QED) is 0.596. The van der Waals surface area contributed by atoms with Crippen molar-refractivity contribution >= 4 is 43.2 Å². The van der Waals surface area contributed by atoms with Crippen molar-refractivity contribution in [1.29, 1.82) is 0 Å². The Morgan fingerprint density at radius 1 is 0.926 bits per heavy atom. The number of benzene rings is 3. The number of nitrogens with one attached hydrogen (secondary N) is 2. The normalized spacial score (nSPS) is 11.0. The molecule has 0 spiro atoms. The summed E-state index contributed by atoms with van der Waals surface area (Å²) in [5.41, 5.74) is 0.567. The van der Waals surface area contributed by atoms with Gasteiger partial charge in [-0.1, -0.05) is 34.1 Å². The van der Waals surface area contributed by atoms with Crippen molar-refractivity contribution in [2.75, 3.05) is 10.0 Å². The zero-order chi connectivity index (χ0) is 19.4. The van der Waals surface area contributed by atoms with Crippen molar-refractivity contribution in [3.8, 4) is 0 Å². The van der Waals surface area contributed by atoms with Crippen molar-refractivity contribution in [2.45, 2.75) is 4.90 Å². The van der Waals surface area contributed by atoms with Crippen molar-refractivity contribution in [3.63, 3.8) is 0 Å². The molecule has 0 bridgehead atoms. The molecule has 0 aromatic heterocycles. The van der Waals surface area contributed by atoms with E-state index in [4.69, 9.17) is 0 Å². The van der Waals surface area contributed by atoms with E-state index in [-0.39, 0.29) is 16.1 Å². The summed E-state index contributed by atoms with van der Waals surface area (Å²) in [6.45, 7) is 0. The van der Waals surface area contributed by atoms with Gasteiger partial charge >= 0.3 is 0 Å². The molecule has 0 fully saturated rings. The molecule has 0 aliphatic heterocycles. The van der Waals surface area contributed by atoms with Crippen LogP contribution in [0.15, 0.2) is 82.2 Å².